The molecule has 0 N–H and O–H groups in total. The van der Waals surface area contributed by atoms with Gasteiger partial charge in [-0.3, -0.25) is 4.79 Å². The minimum Gasteiger partial charge on any atom is -0.497 e. The molecule has 0 saturated heterocycles. The van der Waals surface area contributed by atoms with Gasteiger partial charge in [0, 0.05) is 13.6 Å². The van der Waals surface area contributed by atoms with Crippen molar-refractivity contribution < 1.29 is 9.53 Å². The summed E-state index contributed by atoms with van der Waals surface area (Å²) in [4.78, 5) is 13.8. The van der Waals surface area contributed by atoms with Crippen LogP contribution in [0.15, 0.2) is 41.1 Å². The Morgan fingerprint density at radius 3 is 2.53 bits per heavy atom. The highest BCUT2D eigenvalue weighted by molar-refractivity contribution is 7.07. The summed E-state index contributed by atoms with van der Waals surface area (Å²) in [5.41, 5.74) is 2.18. The van der Waals surface area contributed by atoms with Crippen molar-refractivity contribution >= 4 is 17.2 Å². The molecule has 0 bridgehead atoms. The van der Waals surface area contributed by atoms with Crippen molar-refractivity contribution in [3.8, 4) is 5.75 Å². The highest BCUT2D eigenvalue weighted by atomic mass is 32.1. The number of carbonyl (C=O) groups is 1. The lowest BCUT2D eigenvalue weighted by molar-refractivity contribution is -0.129. The van der Waals surface area contributed by atoms with E-state index in [0.29, 0.717) is 13.0 Å². The van der Waals surface area contributed by atoms with Crippen LogP contribution in [0.1, 0.15) is 11.1 Å². The minimum absolute atomic E-state index is 0.122. The number of nitrogens with zero attached hydrogens (tertiary/aromatic N) is 1. The maximum atomic E-state index is 12.1. The largest absolute Gasteiger partial charge is 0.497 e. The second-order valence-electron chi connectivity index (χ2n) is 4.41. The standard InChI is InChI=1S/C15H17NO2S/c1-16(10-13-7-8-19-11-13)15(17)9-12-3-5-14(18-2)6-4-12/h3-8,11H,9-10H2,1-2H3. The molecule has 0 saturated carbocycles. The van der Waals surface area contributed by atoms with Gasteiger partial charge in [0.1, 0.15) is 5.75 Å². The van der Waals surface area contributed by atoms with Crippen LogP contribution in [0.4, 0.5) is 0 Å². The highest BCUT2D eigenvalue weighted by Gasteiger charge is 2.10. The Morgan fingerprint density at radius 1 is 1.21 bits per heavy atom. The summed E-state index contributed by atoms with van der Waals surface area (Å²) in [5, 5.41) is 4.09. The van der Waals surface area contributed by atoms with Gasteiger partial charge in [-0.25, -0.2) is 0 Å². The van der Waals surface area contributed by atoms with Gasteiger partial charge in [0.15, 0.2) is 0 Å². The molecular formula is C15H17NO2S. The topological polar surface area (TPSA) is 29.5 Å². The molecule has 1 aromatic heterocycles. The third-order valence-electron chi connectivity index (χ3n) is 2.94. The van der Waals surface area contributed by atoms with Gasteiger partial charge >= 0.3 is 0 Å². The van der Waals surface area contributed by atoms with Crippen LogP contribution in [0, 0.1) is 0 Å². The van der Waals surface area contributed by atoms with E-state index in [1.54, 1.807) is 23.3 Å². The predicted molar refractivity (Wildman–Crippen MR) is 77.5 cm³/mol. The summed E-state index contributed by atoms with van der Waals surface area (Å²) >= 11 is 1.65. The second kappa shape index (κ2) is 6.38. The van der Waals surface area contributed by atoms with Gasteiger partial charge in [-0.2, -0.15) is 11.3 Å². The first-order chi connectivity index (χ1) is 9.19. The van der Waals surface area contributed by atoms with E-state index in [1.807, 2.05) is 42.8 Å². The summed E-state index contributed by atoms with van der Waals surface area (Å²) in [6.07, 6.45) is 0.421. The van der Waals surface area contributed by atoms with Gasteiger partial charge in [0.2, 0.25) is 5.91 Å². The molecule has 19 heavy (non-hydrogen) atoms. The molecule has 0 unspecified atom stereocenters. The third-order valence-corrected chi connectivity index (χ3v) is 3.67. The molecular weight excluding hydrogens is 258 g/mol. The van der Waals surface area contributed by atoms with Crippen LogP contribution < -0.4 is 4.74 Å². The van der Waals surface area contributed by atoms with Gasteiger partial charge in [0.05, 0.1) is 13.5 Å². The molecule has 0 spiro atoms. The van der Waals surface area contributed by atoms with Gasteiger partial charge in [0.25, 0.3) is 0 Å². The van der Waals surface area contributed by atoms with Gasteiger partial charge in [-0.05, 0) is 40.1 Å². The molecule has 2 aromatic rings. The van der Waals surface area contributed by atoms with Crippen molar-refractivity contribution in [1.29, 1.82) is 0 Å². The zero-order valence-electron chi connectivity index (χ0n) is 11.1. The molecule has 0 aliphatic heterocycles. The summed E-state index contributed by atoms with van der Waals surface area (Å²) in [6, 6.07) is 9.65. The Bertz CT molecular complexity index is 520. The maximum Gasteiger partial charge on any atom is 0.227 e. The number of amides is 1. The van der Waals surface area contributed by atoms with E-state index >= 15 is 0 Å². The number of methoxy groups -OCH3 is 1. The molecule has 2 rings (SSSR count). The zero-order valence-corrected chi connectivity index (χ0v) is 11.9. The van der Waals surface area contributed by atoms with E-state index in [4.69, 9.17) is 4.74 Å². The minimum atomic E-state index is 0.122. The highest BCUT2D eigenvalue weighted by Crippen LogP contribution is 2.13. The first kappa shape index (κ1) is 13.6. The van der Waals surface area contributed by atoms with Crippen LogP contribution in [0.3, 0.4) is 0 Å². The molecule has 1 heterocycles. The molecule has 0 aliphatic carbocycles. The summed E-state index contributed by atoms with van der Waals surface area (Å²) in [6.45, 7) is 0.665. The van der Waals surface area contributed by atoms with Crippen LogP contribution in [0.5, 0.6) is 5.75 Å². The molecule has 0 aliphatic rings. The lowest BCUT2D eigenvalue weighted by Gasteiger charge is -2.16. The van der Waals surface area contributed by atoms with E-state index in [1.165, 1.54) is 5.56 Å². The number of benzene rings is 1. The number of carbonyl (C=O) groups excluding carboxylic acids is 1. The maximum absolute atomic E-state index is 12.1. The smallest absolute Gasteiger partial charge is 0.227 e. The molecule has 3 nitrogen and oxygen atoms in total. The fourth-order valence-electron chi connectivity index (χ4n) is 1.80. The van der Waals surface area contributed by atoms with Crippen LogP contribution in [-0.2, 0) is 17.8 Å². The van der Waals surface area contributed by atoms with Crippen molar-refractivity contribution in [3.05, 3.63) is 52.2 Å². The van der Waals surface area contributed by atoms with Crippen molar-refractivity contribution in [3.63, 3.8) is 0 Å². The van der Waals surface area contributed by atoms with Crippen molar-refractivity contribution in [2.24, 2.45) is 0 Å². The fourth-order valence-corrected chi connectivity index (χ4v) is 2.46. The van der Waals surface area contributed by atoms with Gasteiger partial charge < -0.3 is 9.64 Å². The Labute approximate surface area is 117 Å². The lowest BCUT2D eigenvalue weighted by atomic mass is 10.1. The monoisotopic (exact) mass is 275 g/mol. The van der Waals surface area contributed by atoms with E-state index < -0.39 is 0 Å². The zero-order chi connectivity index (χ0) is 13.7. The van der Waals surface area contributed by atoms with E-state index in [0.717, 1.165) is 11.3 Å². The van der Waals surface area contributed by atoms with Crippen molar-refractivity contribution in [2.75, 3.05) is 14.2 Å². The van der Waals surface area contributed by atoms with Crippen molar-refractivity contribution in [2.45, 2.75) is 13.0 Å². The second-order valence-corrected chi connectivity index (χ2v) is 5.19. The summed E-state index contributed by atoms with van der Waals surface area (Å²) < 4.78 is 5.10. The number of likely N-dealkylation sites (N-methyl/N-ethyl adjacent to an activating group) is 1. The number of ether oxygens (including phenoxy) is 1. The molecule has 4 heteroatoms. The lowest BCUT2D eigenvalue weighted by Crippen LogP contribution is -2.27. The van der Waals surface area contributed by atoms with Crippen LogP contribution in [0.25, 0.3) is 0 Å². The Morgan fingerprint density at radius 2 is 1.95 bits per heavy atom. The Hall–Kier alpha value is -1.81. The SMILES string of the molecule is COc1ccc(CC(=O)N(C)Cc2ccsc2)cc1. The normalized spacial score (nSPS) is 10.2. The quantitative estimate of drug-likeness (QED) is 0.839. The molecule has 1 amide bonds. The summed E-state index contributed by atoms with van der Waals surface area (Å²) in [5.74, 6) is 0.930. The van der Waals surface area contributed by atoms with Crippen LogP contribution in [0.2, 0.25) is 0 Å². The average Bonchev–Trinajstić information content (AvgIpc) is 2.92. The average molecular weight is 275 g/mol. The fraction of sp³-hybridized carbons (Fsp3) is 0.267. The molecule has 1 aromatic carbocycles. The Kier molecular flexibility index (Phi) is 4.58. The van der Waals surface area contributed by atoms with E-state index in [9.17, 15) is 4.79 Å². The first-order valence-corrected chi connectivity index (χ1v) is 7.01. The molecule has 0 atom stereocenters. The first-order valence-electron chi connectivity index (χ1n) is 6.07. The Balaban J connectivity index is 1.92. The van der Waals surface area contributed by atoms with Crippen LogP contribution >= 0.6 is 11.3 Å². The predicted octanol–water partition coefficient (Wildman–Crippen LogP) is 2.96. The number of rotatable bonds is 5. The van der Waals surface area contributed by atoms with Crippen molar-refractivity contribution in [1.82, 2.24) is 4.90 Å². The molecule has 100 valence electrons. The van der Waals surface area contributed by atoms with Crippen LogP contribution in [-0.4, -0.2) is 25.0 Å². The summed E-state index contributed by atoms with van der Waals surface area (Å²) in [7, 11) is 3.47. The van der Waals surface area contributed by atoms with Gasteiger partial charge in [-0.1, -0.05) is 12.1 Å². The van der Waals surface area contributed by atoms with E-state index in [-0.39, 0.29) is 5.91 Å². The number of hydrogen-bond donors (Lipinski definition) is 0. The van der Waals surface area contributed by atoms with Gasteiger partial charge in [-0.15, -0.1) is 0 Å². The van der Waals surface area contributed by atoms with E-state index in [2.05, 4.69) is 5.38 Å². The third kappa shape index (κ3) is 3.83. The number of hydrogen-bond acceptors (Lipinski definition) is 3. The number of thiophene rings is 1. The molecule has 0 fully saturated rings. The molecule has 0 radical (unpaired) electrons.